The largest absolute Gasteiger partial charge is 0.352 e. The Hall–Kier alpha value is -3.21. The Bertz CT molecular complexity index is 1190. The van der Waals surface area contributed by atoms with E-state index < -0.39 is 0 Å². The zero-order valence-electron chi connectivity index (χ0n) is 19.4. The van der Waals surface area contributed by atoms with Gasteiger partial charge in [-0.3, -0.25) is 9.67 Å². The quantitative estimate of drug-likeness (QED) is 0.176. The van der Waals surface area contributed by atoms with Crippen molar-refractivity contribution < 1.29 is 4.52 Å². The Morgan fingerprint density at radius 1 is 1.03 bits per heavy atom. The number of nitrogens with zero attached hydrogens (tertiary/aromatic N) is 5. The highest BCUT2D eigenvalue weighted by atomic mass is 127. The third-order valence-electron chi connectivity index (χ3n) is 5.26. The van der Waals surface area contributed by atoms with Crippen LogP contribution in [0.25, 0.3) is 11.5 Å². The van der Waals surface area contributed by atoms with Crippen LogP contribution in [-0.4, -0.2) is 32.9 Å². The second-order valence-corrected chi connectivity index (χ2v) is 7.72. The standard InChI is InChI=1S/C25H29N7O.HI/c1-3-8-23-30-24(33-31-23)20-12-6-9-19(15-20)16-27-25(26-2)28-17-21-10-4-5-11-22(21)18-32-14-7-13-29-32;/h4-7,9-15H,3,8,16-18H2,1-2H3,(H2,26,27,28);1H. The predicted octanol–water partition coefficient (Wildman–Crippen LogP) is 4.42. The lowest BCUT2D eigenvalue weighted by Gasteiger charge is -2.14. The molecule has 4 aromatic rings. The fourth-order valence-electron chi connectivity index (χ4n) is 3.55. The van der Waals surface area contributed by atoms with Gasteiger partial charge in [-0.15, -0.1) is 24.0 Å². The molecule has 0 bridgehead atoms. The van der Waals surface area contributed by atoms with Gasteiger partial charge < -0.3 is 15.2 Å². The Kier molecular flexibility index (Phi) is 9.62. The van der Waals surface area contributed by atoms with E-state index in [1.54, 1.807) is 13.2 Å². The van der Waals surface area contributed by atoms with Gasteiger partial charge in [-0.1, -0.05) is 48.5 Å². The molecule has 4 rings (SSSR count). The normalized spacial score (nSPS) is 11.2. The molecular formula is C25H30IN7O. The molecule has 0 amide bonds. The summed E-state index contributed by atoms with van der Waals surface area (Å²) < 4.78 is 7.34. The summed E-state index contributed by atoms with van der Waals surface area (Å²) in [5, 5.41) is 15.1. The van der Waals surface area contributed by atoms with Crippen molar-refractivity contribution in [2.45, 2.75) is 39.4 Å². The first-order valence-electron chi connectivity index (χ1n) is 11.2. The third-order valence-corrected chi connectivity index (χ3v) is 5.26. The van der Waals surface area contributed by atoms with Crippen molar-refractivity contribution in [3.05, 3.63) is 89.5 Å². The fraction of sp³-hybridized carbons (Fsp3) is 0.280. The lowest BCUT2D eigenvalue weighted by atomic mass is 10.1. The number of nitrogens with one attached hydrogen (secondary N) is 2. The van der Waals surface area contributed by atoms with E-state index in [9.17, 15) is 0 Å². The van der Waals surface area contributed by atoms with Gasteiger partial charge in [0.25, 0.3) is 5.89 Å². The van der Waals surface area contributed by atoms with Crippen LogP contribution in [0.5, 0.6) is 0 Å². The third kappa shape index (κ3) is 6.89. The fourth-order valence-corrected chi connectivity index (χ4v) is 3.55. The summed E-state index contributed by atoms with van der Waals surface area (Å²) in [5.41, 5.74) is 4.44. The molecule has 2 aromatic carbocycles. The summed E-state index contributed by atoms with van der Waals surface area (Å²) >= 11 is 0. The molecule has 2 aromatic heterocycles. The van der Waals surface area contributed by atoms with Gasteiger partial charge in [0.15, 0.2) is 11.8 Å². The molecule has 0 unspecified atom stereocenters. The van der Waals surface area contributed by atoms with Crippen LogP contribution in [0.4, 0.5) is 0 Å². The van der Waals surface area contributed by atoms with Gasteiger partial charge in [-0.2, -0.15) is 10.1 Å². The van der Waals surface area contributed by atoms with E-state index in [0.717, 1.165) is 42.3 Å². The Balaban J connectivity index is 0.00000324. The number of benzene rings is 2. The van der Waals surface area contributed by atoms with Crippen LogP contribution in [0.3, 0.4) is 0 Å². The van der Waals surface area contributed by atoms with E-state index in [1.165, 1.54) is 11.1 Å². The van der Waals surface area contributed by atoms with Gasteiger partial charge in [0, 0.05) is 44.5 Å². The first-order chi connectivity index (χ1) is 16.2. The maximum Gasteiger partial charge on any atom is 0.257 e. The number of aryl methyl sites for hydroxylation is 1. The van der Waals surface area contributed by atoms with Crippen LogP contribution in [0, 0.1) is 0 Å². The lowest BCUT2D eigenvalue weighted by molar-refractivity contribution is 0.422. The molecule has 0 aliphatic carbocycles. The van der Waals surface area contributed by atoms with Crippen LogP contribution >= 0.6 is 24.0 Å². The van der Waals surface area contributed by atoms with Gasteiger partial charge in [-0.25, -0.2) is 0 Å². The van der Waals surface area contributed by atoms with E-state index in [-0.39, 0.29) is 24.0 Å². The van der Waals surface area contributed by atoms with Gasteiger partial charge in [0.2, 0.25) is 0 Å². The zero-order valence-corrected chi connectivity index (χ0v) is 21.8. The molecule has 0 radical (unpaired) electrons. The molecule has 0 saturated heterocycles. The minimum absolute atomic E-state index is 0. The number of halogens is 1. The maximum atomic E-state index is 5.42. The number of aliphatic imine (C=N–C) groups is 1. The highest BCUT2D eigenvalue weighted by Gasteiger charge is 2.09. The Morgan fingerprint density at radius 3 is 2.62 bits per heavy atom. The molecule has 2 N–H and O–H groups in total. The van der Waals surface area contributed by atoms with E-state index in [1.807, 2.05) is 29.1 Å². The average Bonchev–Trinajstić information content (AvgIpc) is 3.53. The van der Waals surface area contributed by atoms with Gasteiger partial charge in [0.1, 0.15) is 0 Å². The Labute approximate surface area is 216 Å². The molecule has 178 valence electrons. The first kappa shape index (κ1) is 25.4. The summed E-state index contributed by atoms with van der Waals surface area (Å²) in [5.74, 6) is 2.03. The SMILES string of the molecule is CCCc1noc(-c2cccc(CNC(=NC)NCc3ccccc3Cn3cccn3)c2)n1.I. The summed E-state index contributed by atoms with van der Waals surface area (Å²) in [6.07, 6.45) is 5.57. The second kappa shape index (κ2) is 12.9. The highest BCUT2D eigenvalue weighted by Crippen LogP contribution is 2.19. The summed E-state index contributed by atoms with van der Waals surface area (Å²) in [6, 6.07) is 18.4. The molecule has 0 aliphatic rings. The van der Waals surface area contributed by atoms with E-state index in [4.69, 9.17) is 4.52 Å². The number of guanidine groups is 1. The van der Waals surface area contributed by atoms with Crippen LogP contribution in [0.2, 0.25) is 0 Å². The summed E-state index contributed by atoms with van der Waals surface area (Å²) in [6.45, 7) is 4.12. The predicted molar refractivity (Wildman–Crippen MR) is 144 cm³/mol. The van der Waals surface area contributed by atoms with E-state index >= 15 is 0 Å². The minimum Gasteiger partial charge on any atom is -0.352 e. The smallest absolute Gasteiger partial charge is 0.257 e. The van der Waals surface area contributed by atoms with E-state index in [0.29, 0.717) is 19.0 Å². The van der Waals surface area contributed by atoms with Crippen molar-refractivity contribution in [2.24, 2.45) is 4.99 Å². The van der Waals surface area contributed by atoms with Crippen molar-refractivity contribution in [3.63, 3.8) is 0 Å². The van der Waals surface area contributed by atoms with Crippen molar-refractivity contribution in [1.82, 2.24) is 30.6 Å². The monoisotopic (exact) mass is 571 g/mol. The number of rotatable bonds is 9. The van der Waals surface area contributed by atoms with Crippen LogP contribution in [-0.2, 0) is 26.1 Å². The lowest BCUT2D eigenvalue weighted by Crippen LogP contribution is -2.36. The summed E-state index contributed by atoms with van der Waals surface area (Å²) in [7, 11) is 1.77. The van der Waals surface area contributed by atoms with Crippen molar-refractivity contribution in [3.8, 4) is 11.5 Å². The second-order valence-electron chi connectivity index (χ2n) is 7.72. The topological polar surface area (TPSA) is 93.2 Å². The molecule has 8 nitrogen and oxygen atoms in total. The molecule has 2 heterocycles. The number of hydrogen-bond acceptors (Lipinski definition) is 5. The zero-order chi connectivity index (χ0) is 22.9. The van der Waals surface area contributed by atoms with Crippen molar-refractivity contribution in [1.29, 1.82) is 0 Å². The highest BCUT2D eigenvalue weighted by molar-refractivity contribution is 14.0. The van der Waals surface area contributed by atoms with Crippen LogP contribution < -0.4 is 10.6 Å². The molecular weight excluding hydrogens is 541 g/mol. The molecule has 0 saturated carbocycles. The van der Waals surface area contributed by atoms with Crippen LogP contribution in [0.15, 0.2) is 76.5 Å². The Morgan fingerprint density at radius 2 is 1.85 bits per heavy atom. The first-order valence-corrected chi connectivity index (χ1v) is 11.2. The van der Waals surface area contributed by atoms with Crippen molar-refractivity contribution >= 4 is 29.9 Å². The van der Waals surface area contributed by atoms with Gasteiger partial charge in [0.05, 0.1) is 6.54 Å². The molecule has 0 fully saturated rings. The molecule has 34 heavy (non-hydrogen) atoms. The average molecular weight is 571 g/mol. The molecule has 0 atom stereocenters. The van der Waals surface area contributed by atoms with Crippen LogP contribution in [0.1, 0.15) is 35.9 Å². The van der Waals surface area contributed by atoms with Gasteiger partial charge in [-0.05, 0) is 41.3 Å². The molecule has 0 spiro atoms. The van der Waals surface area contributed by atoms with Gasteiger partial charge >= 0.3 is 0 Å². The number of aromatic nitrogens is 4. The molecule has 9 heteroatoms. The number of hydrogen-bond donors (Lipinski definition) is 2. The van der Waals surface area contributed by atoms with Crippen molar-refractivity contribution in [2.75, 3.05) is 7.05 Å². The maximum absolute atomic E-state index is 5.42. The van der Waals surface area contributed by atoms with E-state index in [2.05, 4.69) is 74.2 Å². The summed E-state index contributed by atoms with van der Waals surface area (Å²) in [4.78, 5) is 8.84. The minimum atomic E-state index is 0. The molecule has 0 aliphatic heterocycles.